The maximum Gasteiger partial charge on any atom is 0.0674 e. The third-order valence-electron chi connectivity index (χ3n) is 3.10. The second kappa shape index (κ2) is 6.74. The van der Waals surface area contributed by atoms with E-state index in [2.05, 4.69) is 47.5 Å². The van der Waals surface area contributed by atoms with Crippen LogP contribution in [-0.4, -0.2) is 43.8 Å². The van der Waals surface area contributed by atoms with E-state index in [9.17, 15) is 0 Å². The van der Waals surface area contributed by atoms with Crippen molar-refractivity contribution in [2.75, 3.05) is 32.8 Å². The van der Waals surface area contributed by atoms with Crippen LogP contribution in [-0.2, 0) is 11.3 Å². The number of rotatable bonds is 5. The second-order valence-corrected chi connectivity index (χ2v) is 4.64. The minimum absolute atomic E-state index is 0.387. The SMILES string of the molecule is CC1CN(CCNCc2ccccc2)CCO1. The van der Waals surface area contributed by atoms with Gasteiger partial charge in [0.05, 0.1) is 12.7 Å². The minimum atomic E-state index is 0.387. The van der Waals surface area contributed by atoms with Gasteiger partial charge < -0.3 is 10.1 Å². The first-order valence-corrected chi connectivity index (χ1v) is 6.43. The average molecular weight is 234 g/mol. The van der Waals surface area contributed by atoms with Crippen LogP contribution < -0.4 is 5.32 Å². The van der Waals surface area contributed by atoms with Crippen molar-refractivity contribution in [3.8, 4) is 0 Å². The molecule has 0 aromatic heterocycles. The predicted molar refractivity (Wildman–Crippen MR) is 70.0 cm³/mol. The van der Waals surface area contributed by atoms with Crippen molar-refractivity contribution in [2.24, 2.45) is 0 Å². The highest BCUT2D eigenvalue weighted by Gasteiger charge is 2.15. The summed E-state index contributed by atoms with van der Waals surface area (Å²) in [7, 11) is 0. The molecule has 17 heavy (non-hydrogen) atoms. The van der Waals surface area contributed by atoms with Gasteiger partial charge in [0.15, 0.2) is 0 Å². The minimum Gasteiger partial charge on any atom is -0.376 e. The van der Waals surface area contributed by atoms with Crippen LogP contribution in [0.4, 0.5) is 0 Å². The van der Waals surface area contributed by atoms with E-state index in [1.807, 2.05) is 0 Å². The Hall–Kier alpha value is -0.900. The fourth-order valence-electron chi connectivity index (χ4n) is 2.16. The van der Waals surface area contributed by atoms with E-state index in [-0.39, 0.29) is 0 Å². The van der Waals surface area contributed by atoms with Gasteiger partial charge in [-0.15, -0.1) is 0 Å². The molecule has 0 saturated carbocycles. The molecule has 3 nitrogen and oxygen atoms in total. The number of benzene rings is 1. The number of nitrogens with one attached hydrogen (secondary N) is 1. The van der Waals surface area contributed by atoms with Crippen molar-refractivity contribution in [1.29, 1.82) is 0 Å². The van der Waals surface area contributed by atoms with Crippen LogP contribution in [0.3, 0.4) is 0 Å². The fourth-order valence-corrected chi connectivity index (χ4v) is 2.16. The quantitative estimate of drug-likeness (QED) is 0.781. The maximum absolute atomic E-state index is 5.52. The first-order chi connectivity index (χ1) is 8.34. The summed E-state index contributed by atoms with van der Waals surface area (Å²) in [5.74, 6) is 0. The Labute approximate surface area is 104 Å². The molecule has 1 aliphatic rings. The molecule has 1 aliphatic heterocycles. The fraction of sp³-hybridized carbons (Fsp3) is 0.571. The molecule has 2 rings (SSSR count). The van der Waals surface area contributed by atoms with E-state index < -0.39 is 0 Å². The summed E-state index contributed by atoms with van der Waals surface area (Å²) in [4.78, 5) is 2.46. The Balaban J connectivity index is 1.60. The van der Waals surface area contributed by atoms with Crippen LogP contribution in [0.5, 0.6) is 0 Å². The van der Waals surface area contributed by atoms with Crippen LogP contribution in [0.25, 0.3) is 0 Å². The van der Waals surface area contributed by atoms with Gasteiger partial charge in [-0.05, 0) is 12.5 Å². The lowest BCUT2D eigenvalue weighted by atomic mass is 10.2. The van der Waals surface area contributed by atoms with E-state index in [1.54, 1.807) is 0 Å². The Morgan fingerprint density at radius 3 is 2.94 bits per heavy atom. The van der Waals surface area contributed by atoms with Crippen LogP contribution in [0, 0.1) is 0 Å². The summed E-state index contributed by atoms with van der Waals surface area (Å²) in [6.45, 7) is 8.26. The van der Waals surface area contributed by atoms with Crippen LogP contribution in [0.1, 0.15) is 12.5 Å². The van der Waals surface area contributed by atoms with Crippen LogP contribution in [0.15, 0.2) is 30.3 Å². The van der Waals surface area contributed by atoms with Gasteiger partial charge in [0.1, 0.15) is 0 Å². The number of hydrogen-bond donors (Lipinski definition) is 1. The molecule has 1 saturated heterocycles. The molecule has 1 heterocycles. The van der Waals surface area contributed by atoms with E-state index in [0.717, 1.165) is 39.3 Å². The molecule has 1 N–H and O–H groups in total. The summed E-state index contributed by atoms with van der Waals surface area (Å²) in [5.41, 5.74) is 1.35. The largest absolute Gasteiger partial charge is 0.376 e. The second-order valence-electron chi connectivity index (χ2n) is 4.64. The lowest BCUT2D eigenvalue weighted by molar-refractivity contribution is -0.0176. The van der Waals surface area contributed by atoms with E-state index in [1.165, 1.54) is 5.56 Å². The number of nitrogens with zero attached hydrogens (tertiary/aromatic N) is 1. The summed E-state index contributed by atoms with van der Waals surface area (Å²) in [5, 5.41) is 3.48. The van der Waals surface area contributed by atoms with Gasteiger partial charge in [-0.2, -0.15) is 0 Å². The summed E-state index contributed by atoms with van der Waals surface area (Å²) < 4.78 is 5.52. The van der Waals surface area contributed by atoms with Gasteiger partial charge in [-0.25, -0.2) is 0 Å². The van der Waals surface area contributed by atoms with Gasteiger partial charge in [-0.3, -0.25) is 4.90 Å². The summed E-state index contributed by atoms with van der Waals surface area (Å²) >= 11 is 0. The Kier molecular flexibility index (Phi) is 4.98. The van der Waals surface area contributed by atoms with Crippen molar-refractivity contribution in [2.45, 2.75) is 19.6 Å². The summed E-state index contributed by atoms with van der Waals surface area (Å²) in [6.07, 6.45) is 0.387. The first-order valence-electron chi connectivity index (χ1n) is 6.43. The molecule has 3 heteroatoms. The van der Waals surface area contributed by atoms with Crippen LogP contribution in [0.2, 0.25) is 0 Å². The van der Waals surface area contributed by atoms with Gasteiger partial charge in [0, 0.05) is 32.7 Å². The molecular formula is C14H22N2O. The number of morpholine rings is 1. The van der Waals surface area contributed by atoms with Gasteiger partial charge in [0.25, 0.3) is 0 Å². The maximum atomic E-state index is 5.52. The normalized spacial score (nSPS) is 21.6. The molecule has 1 fully saturated rings. The zero-order chi connectivity index (χ0) is 11.9. The van der Waals surface area contributed by atoms with Crippen molar-refractivity contribution in [3.05, 3.63) is 35.9 Å². The van der Waals surface area contributed by atoms with Crippen molar-refractivity contribution in [1.82, 2.24) is 10.2 Å². The molecule has 0 radical (unpaired) electrons. The highest BCUT2D eigenvalue weighted by Crippen LogP contribution is 2.03. The number of hydrogen-bond acceptors (Lipinski definition) is 3. The molecule has 0 spiro atoms. The molecule has 1 unspecified atom stereocenters. The zero-order valence-electron chi connectivity index (χ0n) is 10.6. The van der Waals surface area contributed by atoms with Crippen molar-refractivity contribution in [3.63, 3.8) is 0 Å². The Morgan fingerprint density at radius 2 is 2.18 bits per heavy atom. The highest BCUT2D eigenvalue weighted by atomic mass is 16.5. The first kappa shape index (κ1) is 12.6. The van der Waals surface area contributed by atoms with Gasteiger partial charge in [-0.1, -0.05) is 30.3 Å². The monoisotopic (exact) mass is 234 g/mol. The van der Waals surface area contributed by atoms with Crippen molar-refractivity contribution < 1.29 is 4.74 Å². The summed E-state index contributed by atoms with van der Waals surface area (Å²) in [6, 6.07) is 10.5. The molecular weight excluding hydrogens is 212 g/mol. The molecule has 1 aromatic carbocycles. The Bertz CT molecular complexity index is 315. The smallest absolute Gasteiger partial charge is 0.0674 e. The molecule has 0 bridgehead atoms. The topological polar surface area (TPSA) is 24.5 Å². The third kappa shape index (κ3) is 4.46. The van der Waals surface area contributed by atoms with E-state index >= 15 is 0 Å². The van der Waals surface area contributed by atoms with Crippen LogP contribution >= 0.6 is 0 Å². The zero-order valence-corrected chi connectivity index (χ0v) is 10.6. The highest BCUT2D eigenvalue weighted by molar-refractivity contribution is 5.14. The molecule has 1 aromatic rings. The lowest BCUT2D eigenvalue weighted by Crippen LogP contribution is -2.43. The van der Waals surface area contributed by atoms with Gasteiger partial charge in [0.2, 0.25) is 0 Å². The average Bonchev–Trinajstić information content (AvgIpc) is 2.36. The van der Waals surface area contributed by atoms with E-state index in [4.69, 9.17) is 4.74 Å². The molecule has 0 amide bonds. The lowest BCUT2D eigenvalue weighted by Gasteiger charge is -2.31. The number of ether oxygens (including phenoxy) is 1. The van der Waals surface area contributed by atoms with Crippen molar-refractivity contribution >= 4 is 0 Å². The molecule has 1 atom stereocenters. The van der Waals surface area contributed by atoms with E-state index in [0.29, 0.717) is 6.10 Å². The molecule has 94 valence electrons. The standard InChI is InChI=1S/C14H22N2O/c1-13-12-16(9-10-17-13)8-7-15-11-14-5-3-2-4-6-14/h2-6,13,15H,7-12H2,1H3. The predicted octanol–water partition coefficient (Wildman–Crippen LogP) is 1.50. The Morgan fingerprint density at radius 1 is 1.35 bits per heavy atom. The molecule has 0 aliphatic carbocycles. The third-order valence-corrected chi connectivity index (χ3v) is 3.10. The van der Waals surface area contributed by atoms with Gasteiger partial charge >= 0.3 is 0 Å².